The summed E-state index contributed by atoms with van der Waals surface area (Å²) >= 11 is 0. The second-order valence-electron chi connectivity index (χ2n) is 10.0. The van der Waals surface area contributed by atoms with Gasteiger partial charge in [0, 0.05) is 12.8 Å². The lowest BCUT2D eigenvalue weighted by atomic mass is 10.0. The fourth-order valence-electron chi connectivity index (χ4n) is 4.85. The molecule has 3 aliphatic rings. The lowest BCUT2D eigenvalue weighted by Gasteiger charge is -2.29. The Kier molecular flexibility index (Phi) is 8.65. The number of allylic oxidation sites excluding steroid dienone is 2. The third-order valence-electron chi connectivity index (χ3n) is 7.06. The highest BCUT2D eigenvalue weighted by molar-refractivity contribution is 7.51. The number of fused-ring (bicyclic) bond motifs is 1. The van der Waals surface area contributed by atoms with Crippen LogP contribution in [0.2, 0.25) is 0 Å². The zero-order valence-corrected chi connectivity index (χ0v) is 23.1. The van der Waals surface area contributed by atoms with Crippen LogP contribution in [0.1, 0.15) is 50.8 Å². The molecular weight excluding hydrogens is 539 g/mol. The molecule has 2 saturated heterocycles. The number of ether oxygens (including phenoxy) is 3. The van der Waals surface area contributed by atoms with Crippen molar-refractivity contribution in [2.24, 2.45) is 0 Å². The molecule has 0 bridgehead atoms. The van der Waals surface area contributed by atoms with Gasteiger partial charge in [0.15, 0.2) is 11.4 Å². The predicted octanol–water partition coefficient (Wildman–Crippen LogP) is 3.15. The third kappa shape index (κ3) is 6.44. The van der Waals surface area contributed by atoms with E-state index in [1.807, 2.05) is 18.2 Å². The van der Waals surface area contributed by atoms with Crippen molar-refractivity contribution in [3.8, 4) is 6.07 Å². The Morgan fingerprint density at radius 1 is 1.35 bits per heavy atom. The predicted molar refractivity (Wildman–Crippen MR) is 143 cm³/mol. The highest BCUT2D eigenvalue weighted by Gasteiger charge is 2.45. The quantitative estimate of drug-likeness (QED) is 0.315. The summed E-state index contributed by atoms with van der Waals surface area (Å²) < 4.78 is 44.4. The first-order valence-electron chi connectivity index (χ1n) is 13.3. The summed E-state index contributed by atoms with van der Waals surface area (Å²) in [5.41, 5.74) is 5.89. The molecule has 5 rings (SSSR count). The van der Waals surface area contributed by atoms with Gasteiger partial charge in [0.1, 0.15) is 42.8 Å². The van der Waals surface area contributed by atoms with Crippen LogP contribution in [0.25, 0.3) is 5.52 Å². The second kappa shape index (κ2) is 12.2. The van der Waals surface area contributed by atoms with E-state index in [-0.39, 0.29) is 12.7 Å². The molecule has 0 amide bonds. The largest absolute Gasteiger partial charge is 0.461 e. The van der Waals surface area contributed by atoms with Crippen LogP contribution in [-0.4, -0.2) is 64.2 Å². The number of nitrogens with one attached hydrogen (secondary N) is 1. The Bertz CT molecular complexity index is 1370. The molecule has 2 unspecified atom stereocenters. The van der Waals surface area contributed by atoms with Gasteiger partial charge in [-0.15, -0.1) is 0 Å². The number of carbonyl (C=O) groups excluding carboxylic acids is 1. The molecule has 2 aromatic rings. The molecule has 40 heavy (non-hydrogen) atoms. The molecule has 2 fully saturated rings. The summed E-state index contributed by atoms with van der Waals surface area (Å²) in [5.74, 6) is -0.249. The molecule has 5 atom stereocenters. The fourth-order valence-corrected chi connectivity index (χ4v) is 6.52. The average Bonchev–Trinajstić information content (AvgIpc) is 3.59. The first-order chi connectivity index (χ1) is 19.3. The molecule has 214 valence electrons. The Morgan fingerprint density at radius 2 is 2.17 bits per heavy atom. The Hall–Kier alpha value is -3.11. The first kappa shape index (κ1) is 28.4. The third-order valence-corrected chi connectivity index (χ3v) is 8.78. The van der Waals surface area contributed by atoms with Crippen molar-refractivity contribution in [2.45, 2.75) is 69.0 Å². The number of nitrogens with zero attached hydrogens (tertiary/aromatic N) is 4. The molecule has 4 heterocycles. The summed E-state index contributed by atoms with van der Waals surface area (Å²) in [6, 6.07) is 4.80. The zero-order chi connectivity index (χ0) is 28.2. The van der Waals surface area contributed by atoms with Gasteiger partial charge in [-0.25, -0.2) is 19.2 Å². The minimum atomic E-state index is -4.12. The Labute approximate surface area is 231 Å². The Balaban J connectivity index is 1.28. The van der Waals surface area contributed by atoms with Crippen LogP contribution in [0, 0.1) is 11.3 Å². The van der Waals surface area contributed by atoms with Gasteiger partial charge in [0.25, 0.3) is 0 Å². The van der Waals surface area contributed by atoms with Crippen LogP contribution in [0.3, 0.4) is 0 Å². The van der Waals surface area contributed by atoms with E-state index in [1.54, 1.807) is 22.7 Å². The number of aromatic nitrogens is 3. The average molecular weight is 573 g/mol. The van der Waals surface area contributed by atoms with Gasteiger partial charge >= 0.3 is 13.7 Å². The fraction of sp³-hybridized carbons (Fsp3) is 0.538. The number of hydrogen-bond donors (Lipinski definition) is 2. The van der Waals surface area contributed by atoms with E-state index in [2.05, 4.69) is 21.2 Å². The van der Waals surface area contributed by atoms with E-state index >= 15 is 0 Å². The molecule has 0 aromatic carbocycles. The minimum absolute atomic E-state index is 0.269. The number of nitrogen functional groups attached to an aromatic ring is 1. The van der Waals surface area contributed by atoms with Gasteiger partial charge in [0.2, 0.25) is 0 Å². The van der Waals surface area contributed by atoms with Crippen LogP contribution in [0.4, 0.5) is 5.82 Å². The van der Waals surface area contributed by atoms with Gasteiger partial charge in [-0.05, 0) is 38.3 Å². The van der Waals surface area contributed by atoms with E-state index in [9.17, 15) is 14.6 Å². The van der Waals surface area contributed by atoms with Crippen molar-refractivity contribution < 1.29 is 32.6 Å². The van der Waals surface area contributed by atoms with Gasteiger partial charge < -0.3 is 19.9 Å². The summed E-state index contributed by atoms with van der Waals surface area (Å²) in [6.45, 7) is 2.22. The number of anilines is 1. The van der Waals surface area contributed by atoms with Crippen LogP contribution in [-0.2, 0) is 32.6 Å². The van der Waals surface area contributed by atoms with E-state index in [4.69, 9.17) is 29.0 Å². The second-order valence-corrected chi connectivity index (χ2v) is 11.7. The van der Waals surface area contributed by atoms with Gasteiger partial charge in [0.05, 0.1) is 25.0 Å². The van der Waals surface area contributed by atoms with E-state index < -0.39 is 37.6 Å². The molecule has 3 N–H and O–H groups in total. The van der Waals surface area contributed by atoms with Gasteiger partial charge in [-0.1, -0.05) is 24.3 Å². The number of hydrogen-bond acceptors (Lipinski definition) is 11. The summed E-state index contributed by atoms with van der Waals surface area (Å²) in [7, 11) is -4.12. The lowest BCUT2D eigenvalue weighted by Crippen LogP contribution is -2.39. The summed E-state index contributed by atoms with van der Waals surface area (Å²) in [4.78, 5) is 16.8. The molecule has 1 aliphatic carbocycles. The van der Waals surface area contributed by atoms with E-state index in [0.29, 0.717) is 62.3 Å². The normalized spacial score (nSPS) is 27.3. The van der Waals surface area contributed by atoms with Crippen molar-refractivity contribution in [1.82, 2.24) is 19.7 Å². The van der Waals surface area contributed by atoms with E-state index in [1.165, 1.54) is 13.3 Å². The monoisotopic (exact) mass is 572 g/mol. The SMILES string of the molecule is C[C@H](NP(=O)(OC[C@]1(C#N)CC[C@H](c2ccc3c(N)ncnn23)O1)OC1C=CC=CC1)C(=O)OC1CCOCC1. The molecule has 2 aromatic heterocycles. The maximum atomic E-state index is 14.0. The van der Waals surface area contributed by atoms with Gasteiger partial charge in [-0.2, -0.15) is 10.4 Å². The molecule has 13 nitrogen and oxygen atoms in total. The number of rotatable bonds is 10. The summed E-state index contributed by atoms with van der Waals surface area (Å²) in [5, 5.41) is 17.1. The van der Waals surface area contributed by atoms with Crippen LogP contribution in [0.5, 0.6) is 0 Å². The van der Waals surface area contributed by atoms with Crippen molar-refractivity contribution >= 4 is 25.1 Å². The molecule has 0 radical (unpaired) electrons. The minimum Gasteiger partial charge on any atom is -0.461 e. The van der Waals surface area contributed by atoms with Crippen molar-refractivity contribution in [3.63, 3.8) is 0 Å². The zero-order valence-electron chi connectivity index (χ0n) is 22.2. The highest BCUT2D eigenvalue weighted by atomic mass is 31.2. The topological polar surface area (TPSA) is 172 Å². The molecular formula is C26H33N6O7P. The molecule has 2 aliphatic heterocycles. The molecule has 14 heteroatoms. The summed E-state index contributed by atoms with van der Waals surface area (Å²) in [6.07, 6.45) is 9.79. The molecule has 0 saturated carbocycles. The van der Waals surface area contributed by atoms with Crippen molar-refractivity contribution in [1.29, 1.82) is 5.26 Å². The van der Waals surface area contributed by atoms with Crippen LogP contribution >= 0.6 is 7.75 Å². The standard InChI is InChI=1S/C26H33N6O7P/c1-18(25(33)37-19-10-13-35-14-11-19)31-40(34,39-20-5-3-2-4-6-20)36-16-26(15-27)12-9-23(38-26)21-7-8-22-24(28)29-17-30-32(21)22/h2-5,7-8,17-20,23H,6,9-14,16H2,1H3,(H,31,34)(H2,28,29,30)/t18-,20?,23+,26+,40?/m0/s1. The van der Waals surface area contributed by atoms with E-state index in [0.717, 1.165) is 0 Å². The van der Waals surface area contributed by atoms with Crippen LogP contribution < -0.4 is 10.8 Å². The highest BCUT2D eigenvalue weighted by Crippen LogP contribution is 2.49. The molecule has 0 spiro atoms. The maximum absolute atomic E-state index is 14.0. The number of nitriles is 1. The maximum Gasteiger partial charge on any atom is 0.406 e. The van der Waals surface area contributed by atoms with Gasteiger partial charge in [-0.3, -0.25) is 13.8 Å². The first-order valence-corrected chi connectivity index (χ1v) is 14.8. The number of esters is 1. The smallest absolute Gasteiger partial charge is 0.406 e. The Morgan fingerprint density at radius 3 is 2.92 bits per heavy atom. The van der Waals surface area contributed by atoms with Crippen molar-refractivity contribution in [3.05, 3.63) is 48.5 Å². The number of carbonyl (C=O) groups is 1. The number of nitrogens with two attached hydrogens (primary N) is 1. The van der Waals surface area contributed by atoms with Crippen molar-refractivity contribution in [2.75, 3.05) is 25.6 Å². The van der Waals surface area contributed by atoms with Crippen LogP contribution in [0.15, 0.2) is 42.8 Å². The lowest BCUT2D eigenvalue weighted by molar-refractivity contribution is -0.154.